The number of piperazine rings is 1. The van der Waals surface area contributed by atoms with Crippen molar-refractivity contribution < 1.29 is 19.4 Å². The Balaban J connectivity index is 1.41. The van der Waals surface area contributed by atoms with Crippen LogP contribution in [0.1, 0.15) is 19.8 Å². The third kappa shape index (κ3) is 5.13. The second-order valence-corrected chi connectivity index (χ2v) is 7.19. The van der Waals surface area contributed by atoms with E-state index < -0.39 is 0 Å². The second-order valence-electron chi connectivity index (χ2n) is 7.19. The first-order valence-electron chi connectivity index (χ1n) is 9.77. The van der Waals surface area contributed by atoms with Gasteiger partial charge in [0.15, 0.2) is 0 Å². The van der Waals surface area contributed by atoms with Crippen LogP contribution in [0.25, 0.3) is 0 Å². The number of rotatable bonds is 5. The standard InChI is InChI=1S/C20H29N3O4/c1-2-27-20(26)16-7-9-21(10-8-16)15-19(25)23-13-11-22(12-14-23)17-3-5-18(24)6-4-17/h3-6,16,24H,2,7-15H2,1H3. The summed E-state index contributed by atoms with van der Waals surface area (Å²) in [5.41, 5.74) is 1.07. The Hall–Kier alpha value is -2.28. The lowest BCUT2D eigenvalue weighted by Gasteiger charge is -2.38. The van der Waals surface area contributed by atoms with Gasteiger partial charge >= 0.3 is 5.97 Å². The van der Waals surface area contributed by atoms with E-state index in [-0.39, 0.29) is 23.5 Å². The Labute approximate surface area is 160 Å². The Morgan fingerprint density at radius 3 is 2.26 bits per heavy atom. The average molecular weight is 375 g/mol. The molecule has 0 aromatic heterocycles. The van der Waals surface area contributed by atoms with Crippen LogP contribution in [0.15, 0.2) is 24.3 Å². The predicted octanol–water partition coefficient (Wildman–Crippen LogP) is 1.32. The van der Waals surface area contributed by atoms with Crippen molar-refractivity contribution in [1.82, 2.24) is 9.80 Å². The van der Waals surface area contributed by atoms with E-state index in [4.69, 9.17) is 4.74 Å². The minimum atomic E-state index is -0.103. The van der Waals surface area contributed by atoms with E-state index in [1.165, 1.54) is 0 Å². The molecule has 0 bridgehead atoms. The van der Waals surface area contributed by atoms with Crippen LogP contribution >= 0.6 is 0 Å². The molecule has 27 heavy (non-hydrogen) atoms. The number of benzene rings is 1. The van der Waals surface area contributed by atoms with Gasteiger partial charge in [0.1, 0.15) is 5.75 Å². The largest absolute Gasteiger partial charge is 0.508 e. The van der Waals surface area contributed by atoms with Crippen LogP contribution in [0.2, 0.25) is 0 Å². The topological polar surface area (TPSA) is 73.3 Å². The van der Waals surface area contributed by atoms with Crippen LogP contribution in [0.3, 0.4) is 0 Å². The first-order valence-corrected chi connectivity index (χ1v) is 9.77. The van der Waals surface area contributed by atoms with Crippen molar-refractivity contribution in [3.05, 3.63) is 24.3 Å². The summed E-state index contributed by atoms with van der Waals surface area (Å²) in [6.45, 7) is 7.21. The number of carbonyl (C=O) groups excluding carboxylic acids is 2. The van der Waals surface area contributed by atoms with Crippen molar-refractivity contribution in [3.8, 4) is 5.75 Å². The fourth-order valence-corrected chi connectivity index (χ4v) is 3.76. The summed E-state index contributed by atoms with van der Waals surface area (Å²) >= 11 is 0. The number of phenolic OH excluding ortho intramolecular Hbond substituents is 1. The van der Waals surface area contributed by atoms with E-state index in [1.54, 1.807) is 12.1 Å². The van der Waals surface area contributed by atoms with Crippen molar-refractivity contribution in [2.24, 2.45) is 5.92 Å². The number of phenols is 1. The van der Waals surface area contributed by atoms with Gasteiger partial charge in [0.2, 0.25) is 5.91 Å². The zero-order chi connectivity index (χ0) is 19.2. The van der Waals surface area contributed by atoms with E-state index in [2.05, 4.69) is 9.80 Å². The number of likely N-dealkylation sites (tertiary alicyclic amines) is 1. The van der Waals surface area contributed by atoms with Crippen LogP contribution in [-0.4, -0.2) is 79.2 Å². The number of amides is 1. The van der Waals surface area contributed by atoms with Crippen molar-refractivity contribution >= 4 is 17.6 Å². The molecule has 0 unspecified atom stereocenters. The molecular formula is C20H29N3O4. The molecule has 148 valence electrons. The summed E-state index contributed by atoms with van der Waals surface area (Å²) in [4.78, 5) is 30.7. The number of carbonyl (C=O) groups is 2. The lowest BCUT2D eigenvalue weighted by molar-refractivity contribution is -0.149. The van der Waals surface area contributed by atoms with Crippen LogP contribution in [0.5, 0.6) is 5.75 Å². The van der Waals surface area contributed by atoms with Crippen molar-refractivity contribution in [2.75, 3.05) is 57.3 Å². The third-order valence-corrected chi connectivity index (χ3v) is 5.41. The number of aromatic hydroxyl groups is 1. The molecule has 0 aliphatic carbocycles. The number of nitrogens with zero attached hydrogens (tertiary/aromatic N) is 3. The Morgan fingerprint density at radius 2 is 1.67 bits per heavy atom. The van der Waals surface area contributed by atoms with Gasteiger partial charge in [-0.05, 0) is 57.1 Å². The van der Waals surface area contributed by atoms with E-state index in [9.17, 15) is 14.7 Å². The molecule has 2 heterocycles. The summed E-state index contributed by atoms with van der Waals surface area (Å²) < 4.78 is 5.09. The highest BCUT2D eigenvalue weighted by Gasteiger charge is 2.28. The highest BCUT2D eigenvalue weighted by atomic mass is 16.5. The molecule has 2 fully saturated rings. The summed E-state index contributed by atoms with van der Waals surface area (Å²) in [5.74, 6) is 0.299. The van der Waals surface area contributed by atoms with Gasteiger partial charge in [-0.1, -0.05) is 0 Å². The van der Waals surface area contributed by atoms with E-state index >= 15 is 0 Å². The lowest BCUT2D eigenvalue weighted by atomic mass is 9.97. The number of anilines is 1. The van der Waals surface area contributed by atoms with Crippen molar-refractivity contribution in [3.63, 3.8) is 0 Å². The van der Waals surface area contributed by atoms with Gasteiger partial charge in [0.05, 0.1) is 19.1 Å². The summed E-state index contributed by atoms with van der Waals surface area (Å²) in [5, 5.41) is 9.40. The molecule has 0 spiro atoms. The minimum Gasteiger partial charge on any atom is -0.508 e. The number of ether oxygens (including phenoxy) is 1. The summed E-state index contributed by atoms with van der Waals surface area (Å²) in [6, 6.07) is 7.18. The van der Waals surface area contributed by atoms with Gasteiger partial charge in [-0.25, -0.2) is 0 Å². The molecule has 2 aliphatic rings. The fourth-order valence-electron chi connectivity index (χ4n) is 3.76. The van der Waals surface area contributed by atoms with Gasteiger partial charge in [-0.3, -0.25) is 14.5 Å². The smallest absolute Gasteiger partial charge is 0.309 e. The molecule has 0 atom stereocenters. The SMILES string of the molecule is CCOC(=O)C1CCN(CC(=O)N2CCN(c3ccc(O)cc3)CC2)CC1. The molecule has 7 heteroatoms. The van der Waals surface area contributed by atoms with Crippen LogP contribution in [0, 0.1) is 5.92 Å². The van der Waals surface area contributed by atoms with Crippen LogP contribution < -0.4 is 4.90 Å². The Kier molecular flexibility index (Phi) is 6.55. The maximum atomic E-state index is 12.6. The quantitative estimate of drug-likeness (QED) is 0.783. The highest BCUT2D eigenvalue weighted by Crippen LogP contribution is 2.21. The highest BCUT2D eigenvalue weighted by molar-refractivity contribution is 5.78. The molecule has 0 radical (unpaired) electrons. The second kappa shape index (κ2) is 9.08. The normalized spacial score (nSPS) is 19.1. The number of hydrogen-bond acceptors (Lipinski definition) is 6. The minimum absolute atomic E-state index is 0.0230. The number of hydrogen-bond donors (Lipinski definition) is 1. The van der Waals surface area contributed by atoms with Gasteiger partial charge in [0, 0.05) is 31.9 Å². The molecule has 2 saturated heterocycles. The van der Waals surface area contributed by atoms with Gasteiger partial charge in [-0.2, -0.15) is 0 Å². The van der Waals surface area contributed by atoms with Crippen molar-refractivity contribution in [2.45, 2.75) is 19.8 Å². The Morgan fingerprint density at radius 1 is 1.04 bits per heavy atom. The maximum Gasteiger partial charge on any atom is 0.309 e. The predicted molar refractivity (Wildman–Crippen MR) is 103 cm³/mol. The van der Waals surface area contributed by atoms with Gasteiger partial charge in [-0.15, -0.1) is 0 Å². The monoisotopic (exact) mass is 375 g/mol. The van der Waals surface area contributed by atoms with Crippen LogP contribution in [-0.2, 0) is 14.3 Å². The van der Waals surface area contributed by atoms with Gasteiger partial charge in [0.25, 0.3) is 0 Å². The molecule has 7 nitrogen and oxygen atoms in total. The fraction of sp³-hybridized carbons (Fsp3) is 0.600. The zero-order valence-corrected chi connectivity index (χ0v) is 16.0. The molecule has 1 aromatic rings. The molecule has 1 N–H and O–H groups in total. The zero-order valence-electron chi connectivity index (χ0n) is 16.0. The number of piperidine rings is 1. The molecular weight excluding hydrogens is 346 g/mol. The first kappa shape index (κ1) is 19.5. The summed E-state index contributed by atoms with van der Waals surface area (Å²) in [7, 11) is 0. The molecule has 0 saturated carbocycles. The number of esters is 1. The maximum absolute atomic E-state index is 12.6. The van der Waals surface area contributed by atoms with E-state index in [1.807, 2.05) is 24.0 Å². The van der Waals surface area contributed by atoms with E-state index in [0.717, 1.165) is 44.7 Å². The lowest BCUT2D eigenvalue weighted by Crippen LogP contribution is -2.52. The molecule has 1 amide bonds. The van der Waals surface area contributed by atoms with E-state index in [0.29, 0.717) is 26.2 Å². The van der Waals surface area contributed by atoms with Crippen LogP contribution in [0.4, 0.5) is 5.69 Å². The first-order chi connectivity index (χ1) is 13.1. The van der Waals surface area contributed by atoms with Gasteiger partial charge < -0.3 is 19.6 Å². The molecule has 2 aliphatic heterocycles. The summed E-state index contributed by atoms with van der Waals surface area (Å²) in [6.07, 6.45) is 1.53. The van der Waals surface area contributed by atoms with Crippen molar-refractivity contribution in [1.29, 1.82) is 0 Å². The molecule has 1 aromatic carbocycles. The molecule has 3 rings (SSSR count). The Bertz CT molecular complexity index is 633. The average Bonchev–Trinajstić information content (AvgIpc) is 2.69. The third-order valence-electron chi connectivity index (χ3n) is 5.41.